The van der Waals surface area contributed by atoms with Crippen LogP contribution in [0.5, 0.6) is 5.88 Å². The maximum atomic E-state index is 12.8. The summed E-state index contributed by atoms with van der Waals surface area (Å²) in [6.07, 6.45) is 2.50. The number of aryl methyl sites for hydroxylation is 1. The molecule has 2 N–H and O–H groups in total. The van der Waals surface area contributed by atoms with Crippen molar-refractivity contribution in [1.82, 2.24) is 15.0 Å². The molecule has 0 radical (unpaired) electrons. The molecular weight excluding hydrogens is 420 g/mol. The number of hydrogen-bond acceptors (Lipinski definition) is 8. The maximum Gasteiger partial charge on any atom is 0.307 e. The minimum Gasteiger partial charge on any atom is -0.481 e. The number of benzene rings is 1. The van der Waals surface area contributed by atoms with Crippen LogP contribution >= 0.6 is 0 Å². The molecule has 4 rings (SSSR count). The molecule has 0 fully saturated rings. The fraction of sp³-hybridized carbons (Fsp3) is 0.238. The number of methoxy groups -OCH3 is 1. The van der Waals surface area contributed by atoms with E-state index in [2.05, 4.69) is 20.3 Å². The molecule has 0 atom stereocenters. The molecule has 0 saturated carbocycles. The number of pyridine rings is 1. The molecule has 0 aliphatic carbocycles. The number of ether oxygens (including phenoxy) is 1. The predicted molar refractivity (Wildman–Crippen MR) is 113 cm³/mol. The smallest absolute Gasteiger partial charge is 0.307 e. The fourth-order valence-corrected chi connectivity index (χ4v) is 5.02. The molecule has 1 aromatic carbocycles. The van der Waals surface area contributed by atoms with Gasteiger partial charge < -0.3 is 15.2 Å². The van der Waals surface area contributed by atoms with Crippen LogP contribution in [0, 0.1) is 0 Å². The van der Waals surface area contributed by atoms with E-state index in [9.17, 15) is 13.2 Å². The van der Waals surface area contributed by atoms with Gasteiger partial charge in [-0.05, 0) is 36.6 Å². The standard InChI is InChI=1S/C21H20N4O5S/c1-30-17-9-6-14(12-22-17)20-24-16-3-2-10-31(28,29)19(16)21(25-20)23-15-7-4-13(5-8-15)11-18(26)27/h4-9,12H,2-3,10-11H2,1H3,(H,26,27)(H,23,24,25). The Balaban J connectivity index is 1.76. The van der Waals surface area contributed by atoms with Crippen molar-refractivity contribution in [2.75, 3.05) is 18.2 Å². The van der Waals surface area contributed by atoms with Crippen molar-refractivity contribution in [2.45, 2.75) is 24.2 Å². The molecule has 1 aliphatic rings. The highest BCUT2D eigenvalue weighted by Crippen LogP contribution is 2.33. The third kappa shape index (κ3) is 4.48. The van der Waals surface area contributed by atoms with E-state index in [0.717, 1.165) is 0 Å². The molecule has 1 aliphatic heterocycles. The van der Waals surface area contributed by atoms with E-state index < -0.39 is 15.8 Å². The van der Waals surface area contributed by atoms with Crippen molar-refractivity contribution in [1.29, 1.82) is 0 Å². The molecule has 0 spiro atoms. The van der Waals surface area contributed by atoms with E-state index in [1.165, 1.54) is 7.11 Å². The summed E-state index contributed by atoms with van der Waals surface area (Å²) in [6, 6.07) is 10.2. The molecule has 0 saturated heterocycles. The third-order valence-corrected chi connectivity index (χ3v) is 6.73. The summed E-state index contributed by atoms with van der Waals surface area (Å²) in [5.74, 6) is 0.120. The van der Waals surface area contributed by atoms with Gasteiger partial charge in [-0.3, -0.25) is 4.79 Å². The number of fused-ring (bicyclic) bond motifs is 1. The average molecular weight is 440 g/mol. The van der Waals surface area contributed by atoms with Gasteiger partial charge in [-0.15, -0.1) is 0 Å². The second-order valence-corrected chi connectivity index (χ2v) is 9.12. The Morgan fingerprint density at radius 2 is 1.94 bits per heavy atom. The lowest BCUT2D eigenvalue weighted by Gasteiger charge is -2.20. The average Bonchev–Trinajstić information content (AvgIpc) is 2.74. The normalized spacial score (nSPS) is 14.5. The highest BCUT2D eigenvalue weighted by Gasteiger charge is 2.30. The lowest BCUT2D eigenvalue weighted by atomic mass is 10.1. The van der Waals surface area contributed by atoms with Crippen molar-refractivity contribution >= 4 is 27.3 Å². The van der Waals surface area contributed by atoms with Crippen molar-refractivity contribution < 1.29 is 23.1 Å². The van der Waals surface area contributed by atoms with Gasteiger partial charge in [-0.1, -0.05) is 12.1 Å². The third-order valence-electron chi connectivity index (χ3n) is 4.85. The first kappa shape index (κ1) is 20.7. The number of aromatic nitrogens is 3. The number of carbonyl (C=O) groups is 1. The zero-order chi connectivity index (χ0) is 22.0. The molecule has 160 valence electrons. The Kier molecular flexibility index (Phi) is 5.55. The summed E-state index contributed by atoms with van der Waals surface area (Å²) in [5.41, 5.74) is 2.33. The van der Waals surface area contributed by atoms with Crippen LogP contribution in [0.4, 0.5) is 11.5 Å². The fourth-order valence-electron chi connectivity index (χ4n) is 3.39. The lowest BCUT2D eigenvalue weighted by Crippen LogP contribution is -2.20. The van der Waals surface area contributed by atoms with Gasteiger partial charge in [-0.2, -0.15) is 0 Å². The molecule has 9 nitrogen and oxygen atoms in total. The van der Waals surface area contributed by atoms with Gasteiger partial charge in [0, 0.05) is 23.5 Å². The number of aliphatic carboxylic acids is 1. The number of rotatable bonds is 6. The van der Waals surface area contributed by atoms with E-state index in [4.69, 9.17) is 9.84 Å². The van der Waals surface area contributed by atoms with Crippen LogP contribution in [0.2, 0.25) is 0 Å². The highest BCUT2D eigenvalue weighted by atomic mass is 32.2. The monoisotopic (exact) mass is 440 g/mol. The molecular formula is C21H20N4O5S. The Hall–Kier alpha value is -3.53. The molecule has 2 aromatic heterocycles. The second kappa shape index (κ2) is 8.31. The number of carboxylic acids is 1. The van der Waals surface area contributed by atoms with Gasteiger partial charge in [0.1, 0.15) is 4.90 Å². The number of carboxylic acid groups (broad SMARTS) is 1. The van der Waals surface area contributed by atoms with Gasteiger partial charge in [0.25, 0.3) is 0 Å². The van der Waals surface area contributed by atoms with Crippen molar-refractivity contribution in [3.8, 4) is 17.3 Å². The topological polar surface area (TPSA) is 131 Å². The van der Waals surface area contributed by atoms with Gasteiger partial charge in [-0.25, -0.2) is 23.4 Å². The quantitative estimate of drug-likeness (QED) is 0.594. The number of anilines is 2. The van der Waals surface area contributed by atoms with Crippen molar-refractivity contribution in [2.24, 2.45) is 0 Å². The van der Waals surface area contributed by atoms with E-state index >= 15 is 0 Å². The summed E-state index contributed by atoms with van der Waals surface area (Å²) in [7, 11) is -2.01. The first-order valence-electron chi connectivity index (χ1n) is 9.57. The predicted octanol–water partition coefficient (Wildman–Crippen LogP) is 2.64. The number of nitrogens with one attached hydrogen (secondary N) is 1. The first-order valence-corrected chi connectivity index (χ1v) is 11.2. The summed E-state index contributed by atoms with van der Waals surface area (Å²) >= 11 is 0. The van der Waals surface area contributed by atoms with Crippen molar-refractivity contribution in [3.05, 3.63) is 53.9 Å². The Morgan fingerprint density at radius 1 is 1.16 bits per heavy atom. The van der Waals surface area contributed by atoms with Gasteiger partial charge in [0.2, 0.25) is 5.88 Å². The molecule has 31 heavy (non-hydrogen) atoms. The van der Waals surface area contributed by atoms with E-state index in [1.807, 2.05) is 0 Å². The Morgan fingerprint density at radius 3 is 2.58 bits per heavy atom. The number of hydrogen-bond donors (Lipinski definition) is 2. The van der Waals surface area contributed by atoms with Crippen LogP contribution < -0.4 is 10.1 Å². The first-order chi connectivity index (χ1) is 14.9. The molecule has 10 heteroatoms. The van der Waals surface area contributed by atoms with Crippen LogP contribution in [0.15, 0.2) is 47.5 Å². The summed E-state index contributed by atoms with van der Waals surface area (Å²) in [5, 5.41) is 12.0. The summed E-state index contributed by atoms with van der Waals surface area (Å²) in [4.78, 5) is 24.2. The van der Waals surface area contributed by atoms with Gasteiger partial charge >= 0.3 is 5.97 Å². The maximum absolute atomic E-state index is 12.8. The molecule has 0 bridgehead atoms. The largest absolute Gasteiger partial charge is 0.481 e. The highest BCUT2D eigenvalue weighted by molar-refractivity contribution is 7.91. The Labute approximate surface area is 179 Å². The molecule has 3 heterocycles. The van der Waals surface area contributed by atoms with E-state index in [1.54, 1.807) is 42.6 Å². The minimum atomic E-state index is -3.53. The Bertz CT molecular complexity index is 1230. The zero-order valence-corrected chi connectivity index (χ0v) is 17.5. The SMILES string of the molecule is COc1ccc(-c2nc3c(c(Nc4ccc(CC(=O)O)cc4)n2)S(=O)(=O)CCC3)cn1. The van der Waals surface area contributed by atoms with Crippen LogP contribution in [0.3, 0.4) is 0 Å². The molecule has 0 unspecified atom stereocenters. The van der Waals surface area contributed by atoms with Crippen LogP contribution in [0.25, 0.3) is 11.4 Å². The minimum absolute atomic E-state index is 0.0407. The molecule has 3 aromatic rings. The number of nitrogens with zero attached hydrogens (tertiary/aromatic N) is 3. The zero-order valence-electron chi connectivity index (χ0n) is 16.7. The molecule has 0 amide bonds. The number of sulfone groups is 1. The van der Waals surface area contributed by atoms with E-state index in [-0.39, 0.29) is 22.9 Å². The van der Waals surface area contributed by atoms with Gasteiger partial charge in [0.15, 0.2) is 21.5 Å². The second-order valence-electron chi connectivity index (χ2n) is 7.08. The lowest BCUT2D eigenvalue weighted by molar-refractivity contribution is -0.136. The summed E-state index contributed by atoms with van der Waals surface area (Å²) in [6.45, 7) is 0. The summed E-state index contributed by atoms with van der Waals surface area (Å²) < 4.78 is 30.6. The van der Waals surface area contributed by atoms with Crippen molar-refractivity contribution in [3.63, 3.8) is 0 Å². The van der Waals surface area contributed by atoms with Crippen LogP contribution in [-0.4, -0.2) is 47.3 Å². The van der Waals surface area contributed by atoms with Gasteiger partial charge in [0.05, 0.1) is 25.0 Å². The van der Waals surface area contributed by atoms with Crippen LogP contribution in [-0.2, 0) is 27.5 Å². The van der Waals surface area contributed by atoms with E-state index in [0.29, 0.717) is 47.1 Å². The van der Waals surface area contributed by atoms with Crippen LogP contribution in [0.1, 0.15) is 17.7 Å².